The maximum absolute atomic E-state index is 13.2. The highest BCUT2D eigenvalue weighted by Crippen LogP contribution is 2.62. The molecule has 0 bridgehead atoms. The van der Waals surface area contributed by atoms with Crippen molar-refractivity contribution < 1.29 is 9.53 Å². The van der Waals surface area contributed by atoms with Gasteiger partial charge in [0.25, 0.3) is 0 Å². The minimum Gasteiger partial charge on any atom is -0.466 e. The van der Waals surface area contributed by atoms with Gasteiger partial charge in [0.05, 0.1) is 23.9 Å². The van der Waals surface area contributed by atoms with Crippen molar-refractivity contribution >= 4 is 5.97 Å². The first-order chi connectivity index (χ1) is 19.4. The average molecular weight is 531 g/mol. The molecular formula is C36H38N2O2. The van der Waals surface area contributed by atoms with Crippen LogP contribution in [0.4, 0.5) is 0 Å². The predicted octanol–water partition coefficient (Wildman–Crippen LogP) is 8.13. The number of hydrogen-bond donors (Lipinski definition) is 0. The number of pyridine rings is 2. The zero-order valence-electron chi connectivity index (χ0n) is 24.0. The van der Waals surface area contributed by atoms with E-state index < -0.39 is 5.41 Å². The van der Waals surface area contributed by atoms with Crippen LogP contribution < -0.4 is 0 Å². The topological polar surface area (TPSA) is 52.1 Å². The average Bonchev–Trinajstić information content (AvgIpc) is 3.41. The number of esters is 1. The fraction of sp³-hybridized carbons (Fsp3) is 0.361. The second kappa shape index (κ2) is 10.3. The quantitative estimate of drug-likeness (QED) is 0.205. The molecule has 40 heavy (non-hydrogen) atoms. The van der Waals surface area contributed by atoms with Gasteiger partial charge in [-0.05, 0) is 66.5 Å². The normalized spacial score (nSPS) is 21.6. The third-order valence-electron chi connectivity index (χ3n) is 9.38. The monoisotopic (exact) mass is 530 g/mol. The lowest BCUT2D eigenvalue weighted by molar-refractivity contribution is -0.148. The zero-order valence-corrected chi connectivity index (χ0v) is 24.0. The third-order valence-corrected chi connectivity index (χ3v) is 9.38. The molecule has 4 atom stereocenters. The molecule has 4 aromatic rings. The fourth-order valence-corrected chi connectivity index (χ4v) is 7.63. The molecule has 2 aliphatic rings. The number of nitrogens with zero attached hydrogens (tertiary/aromatic N) is 2. The summed E-state index contributed by atoms with van der Waals surface area (Å²) in [6, 6.07) is 26.2. The Morgan fingerprint density at radius 1 is 0.725 bits per heavy atom. The summed E-state index contributed by atoms with van der Waals surface area (Å²) in [5.41, 5.74) is 8.95. The third kappa shape index (κ3) is 3.99. The van der Waals surface area contributed by atoms with Crippen LogP contribution in [0.15, 0.2) is 85.2 Å². The Bertz CT molecular complexity index is 1470. The molecule has 2 aromatic carbocycles. The van der Waals surface area contributed by atoms with E-state index in [4.69, 9.17) is 14.7 Å². The molecule has 2 heterocycles. The number of rotatable bonds is 9. The number of aromatic nitrogens is 2. The Labute approximate surface area is 237 Å². The van der Waals surface area contributed by atoms with Crippen LogP contribution >= 0.6 is 0 Å². The van der Waals surface area contributed by atoms with Gasteiger partial charge in [0.1, 0.15) is 0 Å². The summed E-state index contributed by atoms with van der Waals surface area (Å²) < 4.78 is 5.56. The highest BCUT2D eigenvalue weighted by Gasteiger charge is 2.54. The van der Waals surface area contributed by atoms with E-state index in [0.717, 1.165) is 30.7 Å². The first-order valence-corrected chi connectivity index (χ1v) is 14.7. The van der Waals surface area contributed by atoms with E-state index in [1.807, 2.05) is 32.3 Å². The van der Waals surface area contributed by atoms with Gasteiger partial charge in [-0.2, -0.15) is 0 Å². The van der Waals surface area contributed by atoms with Gasteiger partial charge in [0.2, 0.25) is 0 Å². The number of carbonyl (C=O) groups excluding carboxylic acids is 1. The van der Waals surface area contributed by atoms with Gasteiger partial charge in [-0.1, -0.05) is 87.9 Å². The minimum absolute atomic E-state index is 0.137. The van der Waals surface area contributed by atoms with E-state index in [9.17, 15) is 4.79 Å². The second-order valence-electron chi connectivity index (χ2n) is 11.8. The van der Waals surface area contributed by atoms with Gasteiger partial charge in [-0.25, -0.2) is 0 Å². The van der Waals surface area contributed by atoms with Crippen LogP contribution in [-0.4, -0.2) is 22.5 Å². The van der Waals surface area contributed by atoms with Crippen molar-refractivity contribution in [3.63, 3.8) is 0 Å². The molecule has 0 aliphatic heterocycles. The summed E-state index contributed by atoms with van der Waals surface area (Å²) in [6.45, 7) is 8.94. The van der Waals surface area contributed by atoms with Gasteiger partial charge in [-0.3, -0.25) is 14.8 Å². The van der Waals surface area contributed by atoms with Gasteiger partial charge in [0, 0.05) is 34.4 Å². The molecule has 2 aliphatic carbocycles. The molecule has 204 valence electrons. The molecule has 0 spiro atoms. The molecule has 2 aromatic heterocycles. The van der Waals surface area contributed by atoms with E-state index >= 15 is 0 Å². The summed E-state index contributed by atoms with van der Waals surface area (Å²) in [4.78, 5) is 23.0. The van der Waals surface area contributed by atoms with Gasteiger partial charge >= 0.3 is 5.97 Å². The van der Waals surface area contributed by atoms with Gasteiger partial charge in [-0.15, -0.1) is 0 Å². The molecule has 0 saturated carbocycles. The summed E-state index contributed by atoms with van der Waals surface area (Å²) in [5.74, 6) is 0.0927. The van der Waals surface area contributed by atoms with Crippen LogP contribution in [0.3, 0.4) is 0 Å². The highest BCUT2D eigenvalue weighted by atomic mass is 16.5. The summed E-state index contributed by atoms with van der Waals surface area (Å²) >= 11 is 0. The minimum atomic E-state index is -0.426. The fourth-order valence-electron chi connectivity index (χ4n) is 7.63. The molecule has 4 heteroatoms. The smallest absolute Gasteiger partial charge is 0.308 e. The van der Waals surface area contributed by atoms with Crippen molar-refractivity contribution in [2.24, 2.45) is 11.8 Å². The zero-order chi connectivity index (χ0) is 27.9. The Balaban J connectivity index is 1.63. The van der Waals surface area contributed by atoms with Crippen LogP contribution in [0.2, 0.25) is 0 Å². The van der Waals surface area contributed by atoms with Crippen LogP contribution in [0.1, 0.15) is 75.6 Å². The van der Waals surface area contributed by atoms with Crippen molar-refractivity contribution in [3.05, 3.63) is 107 Å². The molecule has 0 fully saturated rings. The molecule has 0 saturated heterocycles. The lowest BCUT2D eigenvalue weighted by Gasteiger charge is -2.44. The molecular weight excluding hydrogens is 492 g/mol. The van der Waals surface area contributed by atoms with Crippen LogP contribution in [-0.2, 0) is 20.4 Å². The Hall–Kier alpha value is -3.79. The number of ether oxygens (including phenoxy) is 1. The number of fused-ring (bicyclic) bond motifs is 6. The van der Waals surface area contributed by atoms with Crippen LogP contribution in [0.25, 0.3) is 22.5 Å². The SMILES string of the molecule is CCOC(=O)C(C)CC1(CC2(CC(C)CC)c3ccccc3-c3ncccc32)c2ccccc2-c2ncccc21. The Morgan fingerprint density at radius 3 is 1.75 bits per heavy atom. The second-order valence-corrected chi connectivity index (χ2v) is 11.8. The molecule has 0 N–H and O–H groups in total. The highest BCUT2D eigenvalue weighted by molar-refractivity contribution is 5.82. The molecule has 0 radical (unpaired) electrons. The lowest BCUT2D eigenvalue weighted by atomic mass is 9.58. The van der Waals surface area contributed by atoms with Gasteiger partial charge < -0.3 is 4.74 Å². The van der Waals surface area contributed by atoms with Gasteiger partial charge in [0.15, 0.2) is 0 Å². The van der Waals surface area contributed by atoms with Crippen molar-refractivity contribution in [2.75, 3.05) is 6.61 Å². The Kier molecular flexibility index (Phi) is 6.82. The first-order valence-electron chi connectivity index (χ1n) is 14.7. The van der Waals surface area contributed by atoms with Crippen molar-refractivity contribution in [1.82, 2.24) is 9.97 Å². The van der Waals surface area contributed by atoms with Crippen molar-refractivity contribution in [1.29, 1.82) is 0 Å². The van der Waals surface area contributed by atoms with Crippen LogP contribution in [0, 0.1) is 11.8 Å². The largest absolute Gasteiger partial charge is 0.466 e. The summed E-state index contributed by atoms with van der Waals surface area (Å²) in [7, 11) is 0. The predicted molar refractivity (Wildman–Crippen MR) is 160 cm³/mol. The maximum Gasteiger partial charge on any atom is 0.308 e. The molecule has 4 nitrogen and oxygen atoms in total. The van der Waals surface area contributed by atoms with E-state index in [2.05, 4.69) is 80.6 Å². The number of carbonyl (C=O) groups is 1. The van der Waals surface area contributed by atoms with Crippen LogP contribution in [0.5, 0.6) is 0 Å². The van der Waals surface area contributed by atoms with E-state index in [1.165, 1.54) is 33.4 Å². The number of hydrogen-bond acceptors (Lipinski definition) is 4. The molecule has 6 rings (SSSR count). The summed E-state index contributed by atoms with van der Waals surface area (Å²) in [5, 5.41) is 0. The summed E-state index contributed by atoms with van der Waals surface area (Å²) in [6.07, 6.45) is 7.39. The van der Waals surface area contributed by atoms with Crippen molar-refractivity contribution in [2.45, 2.75) is 64.2 Å². The first kappa shape index (κ1) is 26.4. The molecule has 0 amide bonds. The Morgan fingerprint density at radius 2 is 1.23 bits per heavy atom. The number of benzene rings is 2. The van der Waals surface area contributed by atoms with E-state index in [0.29, 0.717) is 18.9 Å². The maximum atomic E-state index is 13.2. The molecule has 4 unspecified atom stereocenters. The van der Waals surface area contributed by atoms with Crippen molar-refractivity contribution in [3.8, 4) is 22.5 Å². The van der Waals surface area contributed by atoms with E-state index in [1.54, 1.807) is 0 Å². The lowest BCUT2D eigenvalue weighted by Crippen LogP contribution is -2.40. The standard InChI is InChI=1S/C36H38N2O2/c1-5-24(3)21-35(28-15-9-7-13-26(28)32-30(35)17-11-19-37-32)23-36(22-25(4)34(39)40-6-2)29-16-10-8-14-27(29)33-31(36)18-12-20-38-33/h7-20,24-25H,5-6,21-23H2,1-4H3. The van der Waals surface area contributed by atoms with E-state index in [-0.39, 0.29) is 17.3 Å².